The van der Waals surface area contributed by atoms with E-state index in [0.717, 1.165) is 5.46 Å². The molecule has 1 fully saturated rings. The van der Waals surface area contributed by atoms with E-state index in [1.54, 1.807) is 23.1 Å². The number of rotatable bonds is 2. The summed E-state index contributed by atoms with van der Waals surface area (Å²) in [6.07, 6.45) is 4.92. The molecule has 1 saturated heterocycles. The molecule has 1 aliphatic rings. The molecule has 0 radical (unpaired) electrons. The first-order chi connectivity index (χ1) is 9.78. The maximum absolute atomic E-state index is 12.8. The molecule has 3 heterocycles. The van der Waals surface area contributed by atoms with Gasteiger partial charge in [0, 0.05) is 17.9 Å². The Balaban J connectivity index is 1.85. The van der Waals surface area contributed by atoms with Crippen molar-refractivity contribution in [3.63, 3.8) is 0 Å². The van der Waals surface area contributed by atoms with Gasteiger partial charge in [-0.05, 0) is 39.8 Å². The van der Waals surface area contributed by atoms with Gasteiger partial charge >= 0.3 is 7.12 Å². The van der Waals surface area contributed by atoms with Crippen LogP contribution in [0.2, 0.25) is 0 Å². The molecule has 2 aromatic heterocycles. The van der Waals surface area contributed by atoms with Gasteiger partial charge in [-0.1, -0.05) is 0 Å². The summed E-state index contributed by atoms with van der Waals surface area (Å²) in [6, 6.07) is 2.91. The molecule has 0 amide bonds. The molecule has 0 N–H and O–H groups in total. The summed E-state index contributed by atoms with van der Waals surface area (Å²) >= 11 is 0. The average molecular weight is 289 g/mol. The van der Waals surface area contributed by atoms with Crippen molar-refractivity contribution in [3.8, 4) is 5.69 Å². The van der Waals surface area contributed by atoms with Crippen molar-refractivity contribution < 1.29 is 13.7 Å². The van der Waals surface area contributed by atoms with Crippen LogP contribution in [0, 0.1) is 5.95 Å². The molecule has 21 heavy (non-hydrogen) atoms. The van der Waals surface area contributed by atoms with Crippen molar-refractivity contribution >= 4 is 12.6 Å². The second-order valence-electron chi connectivity index (χ2n) is 6.15. The number of halogens is 1. The minimum atomic E-state index is -0.517. The van der Waals surface area contributed by atoms with Gasteiger partial charge in [-0.2, -0.15) is 9.49 Å². The Hall–Kier alpha value is -1.73. The number of hydrogen-bond donors (Lipinski definition) is 0. The lowest BCUT2D eigenvalue weighted by atomic mass is 9.82. The monoisotopic (exact) mass is 289 g/mol. The third-order valence-corrected chi connectivity index (χ3v) is 4.10. The predicted octanol–water partition coefficient (Wildman–Crippen LogP) is 1.71. The van der Waals surface area contributed by atoms with E-state index in [1.165, 1.54) is 12.3 Å². The van der Waals surface area contributed by atoms with Crippen LogP contribution in [0.15, 0.2) is 30.7 Å². The summed E-state index contributed by atoms with van der Waals surface area (Å²) in [4.78, 5) is 3.62. The molecule has 0 atom stereocenters. The SMILES string of the molecule is CC1(C)OB(c2cnn(-c3ccc(F)nc3)c2)OC1(C)C. The first-order valence-electron chi connectivity index (χ1n) is 6.81. The second kappa shape index (κ2) is 4.64. The molecular formula is C14H17BFN3O2. The number of hydrogen-bond acceptors (Lipinski definition) is 4. The van der Waals surface area contributed by atoms with Crippen LogP contribution in [0.5, 0.6) is 0 Å². The molecule has 0 aromatic carbocycles. The van der Waals surface area contributed by atoms with Crippen LogP contribution in [-0.2, 0) is 9.31 Å². The van der Waals surface area contributed by atoms with E-state index in [2.05, 4.69) is 10.1 Å². The highest BCUT2D eigenvalue weighted by atomic mass is 19.1. The van der Waals surface area contributed by atoms with Crippen LogP contribution in [0.25, 0.3) is 5.69 Å². The molecule has 110 valence electrons. The quantitative estimate of drug-likeness (QED) is 0.624. The minimum Gasteiger partial charge on any atom is -0.399 e. The third kappa shape index (κ3) is 2.47. The molecular weight excluding hydrogens is 272 g/mol. The molecule has 5 nitrogen and oxygen atoms in total. The van der Waals surface area contributed by atoms with Gasteiger partial charge in [0.2, 0.25) is 5.95 Å². The van der Waals surface area contributed by atoms with Gasteiger partial charge in [-0.15, -0.1) is 0 Å². The summed E-state index contributed by atoms with van der Waals surface area (Å²) in [6.45, 7) is 8.01. The zero-order chi connectivity index (χ0) is 15.3. The Morgan fingerprint density at radius 3 is 2.33 bits per heavy atom. The van der Waals surface area contributed by atoms with Crippen molar-refractivity contribution in [1.29, 1.82) is 0 Å². The molecule has 7 heteroatoms. The van der Waals surface area contributed by atoms with Gasteiger partial charge in [-0.25, -0.2) is 9.67 Å². The van der Waals surface area contributed by atoms with E-state index < -0.39 is 24.3 Å². The Morgan fingerprint density at radius 2 is 1.76 bits per heavy atom. The number of aromatic nitrogens is 3. The average Bonchev–Trinajstić information content (AvgIpc) is 2.94. The molecule has 3 rings (SSSR count). The molecule has 0 spiro atoms. The van der Waals surface area contributed by atoms with Gasteiger partial charge in [0.25, 0.3) is 0 Å². The maximum Gasteiger partial charge on any atom is 0.498 e. The zero-order valence-electron chi connectivity index (χ0n) is 12.5. The van der Waals surface area contributed by atoms with Gasteiger partial charge in [-0.3, -0.25) is 0 Å². The summed E-state index contributed by atoms with van der Waals surface area (Å²) in [5.41, 5.74) is 0.714. The van der Waals surface area contributed by atoms with Crippen molar-refractivity contribution in [2.45, 2.75) is 38.9 Å². The molecule has 0 aliphatic carbocycles. The Kier molecular flexibility index (Phi) is 3.14. The highest BCUT2D eigenvalue weighted by Crippen LogP contribution is 2.36. The summed E-state index contributed by atoms with van der Waals surface area (Å²) in [7, 11) is -0.461. The van der Waals surface area contributed by atoms with E-state index in [1.807, 2.05) is 27.7 Å². The Bertz CT molecular complexity index is 638. The third-order valence-electron chi connectivity index (χ3n) is 4.10. The van der Waals surface area contributed by atoms with Crippen molar-refractivity contribution in [2.24, 2.45) is 0 Å². The van der Waals surface area contributed by atoms with Crippen LogP contribution in [0.1, 0.15) is 27.7 Å². The van der Waals surface area contributed by atoms with Crippen molar-refractivity contribution in [1.82, 2.24) is 14.8 Å². The molecule has 0 saturated carbocycles. The van der Waals surface area contributed by atoms with E-state index in [4.69, 9.17) is 9.31 Å². The Morgan fingerprint density at radius 1 is 1.10 bits per heavy atom. The standard InChI is InChI=1S/C14H17BFN3O2/c1-13(2)14(3,4)21-15(20-13)10-7-18-19(9-10)11-5-6-12(16)17-8-11/h5-9H,1-4H3. The van der Waals surface area contributed by atoms with Crippen LogP contribution >= 0.6 is 0 Å². The van der Waals surface area contributed by atoms with Crippen LogP contribution in [0.4, 0.5) is 4.39 Å². The first kappa shape index (κ1) is 14.2. The van der Waals surface area contributed by atoms with E-state index in [-0.39, 0.29) is 0 Å². The summed E-state index contributed by atoms with van der Waals surface area (Å²) in [5.74, 6) is -0.517. The minimum absolute atomic E-state index is 0.392. The fraction of sp³-hybridized carbons (Fsp3) is 0.429. The van der Waals surface area contributed by atoms with Gasteiger partial charge < -0.3 is 9.31 Å². The molecule has 2 aromatic rings. The van der Waals surface area contributed by atoms with Crippen molar-refractivity contribution in [2.75, 3.05) is 0 Å². The van der Waals surface area contributed by atoms with E-state index in [9.17, 15) is 4.39 Å². The predicted molar refractivity (Wildman–Crippen MR) is 77.0 cm³/mol. The Labute approximate surface area is 123 Å². The number of pyridine rings is 1. The highest BCUT2D eigenvalue weighted by Gasteiger charge is 2.52. The summed E-state index contributed by atoms with van der Waals surface area (Å²) in [5, 5.41) is 4.25. The topological polar surface area (TPSA) is 49.2 Å². The maximum atomic E-state index is 12.8. The van der Waals surface area contributed by atoms with Crippen LogP contribution < -0.4 is 5.46 Å². The first-order valence-corrected chi connectivity index (χ1v) is 6.81. The largest absolute Gasteiger partial charge is 0.498 e. The normalized spacial score (nSPS) is 20.0. The highest BCUT2D eigenvalue weighted by molar-refractivity contribution is 6.62. The number of nitrogens with zero attached hydrogens (tertiary/aromatic N) is 3. The van der Waals surface area contributed by atoms with Crippen LogP contribution in [0.3, 0.4) is 0 Å². The molecule has 0 unspecified atom stereocenters. The molecule has 0 bridgehead atoms. The van der Waals surface area contributed by atoms with E-state index >= 15 is 0 Å². The fourth-order valence-corrected chi connectivity index (χ4v) is 2.08. The second-order valence-corrected chi connectivity index (χ2v) is 6.15. The lowest BCUT2D eigenvalue weighted by Crippen LogP contribution is -2.41. The fourth-order valence-electron chi connectivity index (χ4n) is 2.08. The van der Waals surface area contributed by atoms with Gasteiger partial charge in [0.1, 0.15) is 0 Å². The van der Waals surface area contributed by atoms with Crippen LogP contribution in [-0.4, -0.2) is 33.1 Å². The van der Waals surface area contributed by atoms with Gasteiger partial charge in [0.05, 0.1) is 23.1 Å². The lowest BCUT2D eigenvalue weighted by Gasteiger charge is -2.32. The lowest BCUT2D eigenvalue weighted by molar-refractivity contribution is 0.00578. The van der Waals surface area contributed by atoms with Gasteiger partial charge in [0.15, 0.2) is 0 Å². The smallest absolute Gasteiger partial charge is 0.399 e. The van der Waals surface area contributed by atoms with Crippen molar-refractivity contribution in [3.05, 3.63) is 36.7 Å². The summed E-state index contributed by atoms with van der Waals surface area (Å²) < 4.78 is 26.4. The zero-order valence-corrected chi connectivity index (χ0v) is 12.5. The van der Waals surface area contributed by atoms with E-state index in [0.29, 0.717) is 5.69 Å². The molecule has 1 aliphatic heterocycles.